The second-order valence-corrected chi connectivity index (χ2v) is 11.9. The molecule has 5 atom stereocenters. The van der Waals surface area contributed by atoms with Gasteiger partial charge in [0, 0.05) is 37.4 Å². The summed E-state index contributed by atoms with van der Waals surface area (Å²) in [6.07, 6.45) is 2.44. The van der Waals surface area contributed by atoms with Crippen LogP contribution in [-0.2, 0) is 16.0 Å². The van der Waals surface area contributed by atoms with Gasteiger partial charge in [-0.05, 0) is 54.8 Å². The number of aliphatic hydroxyl groups excluding tert-OH is 2. The number of amides is 3. The van der Waals surface area contributed by atoms with Gasteiger partial charge in [0.1, 0.15) is 18.2 Å². The molecule has 242 valence electrons. The zero-order valence-electron chi connectivity index (χ0n) is 25.8. The fourth-order valence-corrected chi connectivity index (χ4v) is 5.80. The van der Waals surface area contributed by atoms with Crippen LogP contribution in [0.4, 0.5) is 0 Å². The Morgan fingerprint density at radius 1 is 0.844 bits per heavy atom. The normalized spacial score (nSPS) is 14.4. The Bertz CT molecular complexity index is 1300. The molecule has 0 aliphatic carbocycles. The number of carbonyl (C=O) groups excluding carboxylic acids is 3. The number of benzene rings is 2. The largest absolute Gasteiger partial charge is 0.388 e. The van der Waals surface area contributed by atoms with E-state index in [1.54, 1.807) is 60.4 Å². The number of nitrogens with one attached hydrogen (secondary N) is 3. The van der Waals surface area contributed by atoms with Crippen molar-refractivity contribution < 1.29 is 29.3 Å². The van der Waals surface area contributed by atoms with Crippen LogP contribution >= 0.6 is 11.8 Å². The molecule has 0 bridgehead atoms. The van der Waals surface area contributed by atoms with Gasteiger partial charge in [-0.2, -0.15) is 11.8 Å². The topological polar surface area (TPSA) is 150 Å². The lowest BCUT2D eigenvalue weighted by Gasteiger charge is -2.33. The Hall–Kier alpha value is -3.77. The van der Waals surface area contributed by atoms with E-state index in [0.717, 1.165) is 24.2 Å². The van der Waals surface area contributed by atoms with E-state index in [0.29, 0.717) is 16.9 Å². The second-order valence-electron chi connectivity index (χ2n) is 10.7. The molecule has 11 heteroatoms. The molecule has 0 saturated heterocycles. The van der Waals surface area contributed by atoms with E-state index in [9.17, 15) is 24.6 Å². The molecule has 1 aromatic heterocycles. The summed E-state index contributed by atoms with van der Waals surface area (Å²) in [5.74, 6) is -0.208. The third-order valence-electron chi connectivity index (χ3n) is 7.26. The van der Waals surface area contributed by atoms with E-state index < -0.39 is 48.1 Å². The van der Waals surface area contributed by atoms with Crippen molar-refractivity contribution >= 4 is 29.5 Å². The Morgan fingerprint density at radius 3 is 2.13 bits per heavy atom. The lowest BCUT2D eigenvalue weighted by Crippen LogP contribution is -2.59. The lowest BCUT2D eigenvalue weighted by atomic mass is 9.92. The van der Waals surface area contributed by atoms with Gasteiger partial charge in [0.05, 0.1) is 17.6 Å². The number of rotatable bonds is 19. The lowest BCUT2D eigenvalue weighted by molar-refractivity contribution is -0.125. The fraction of sp³-hybridized carbons (Fsp3) is 0.412. The molecule has 0 aliphatic rings. The third-order valence-corrected chi connectivity index (χ3v) is 8.40. The third kappa shape index (κ3) is 11.9. The Kier molecular flexibility index (Phi) is 15.5. The number of carbonyl (C=O) groups is 3. The molecule has 0 fully saturated rings. The average molecular weight is 637 g/mol. The van der Waals surface area contributed by atoms with E-state index in [1.807, 2.05) is 30.3 Å². The summed E-state index contributed by atoms with van der Waals surface area (Å²) in [5, 5.41) is 31.5. The zero-order valence-corrected chi connectivity index (χ0v) is 26.6. The van der Waals surface area contributed by atoms with Crippen molar-refractivity contribution in [3.63, 3.8) is 0 Å². The van der Waals surface area contributed by atoms with Gasteiger partial charge >= 0.3 is 0 Å². The molecular weight excluding hydrogens is 592 g/mol. The average Bonchev–Trinajstić information content (AvgIpc) is 3.08. The van der Waals surface area contributed by atoms with Crippen LogP contribution in [0.5, 0.6) is 0 Å². The number of hydrogen-bond acceptors (Lipinski definition) is 8. The van der Waals surface area contributed by atoms with Crippen molar-refractivity contribution in [2.45, 2.75) is 62.9 Å². The highest BCUT2D eigenvalue weighted by atomic mass is 32.2. The van der Waals surface area contributed by atoms with E-state index in [2.05, 4.69) is 27.9 Å². The minimum absolute atomic E-state index is 0.195. The maximum absolute atomic E-state index is 13.8. The molecule has 3 aromatic rings. The first-order chi connectivity index (χ1) is 21.8. The van der Waals surface area contributed by atoms with Gasteiger partial charge in [-0.25, -0.2) is 0 Å². The molecule has 3 amide bonds. The summed E-state index contributed by atoms with van der Waals surface area (Å²) in [6.45, 7) is 2.30. The molecule has 0 radical (unpaired) electrons. The molecule has 5 unspecified atom stereocenters. The molecule has 3 rings (SSSR count). The highest BCUT2D eigenvalue weighted by Gasteiger charge is 2.35. The number of unbranched alkanes of at least 4 members (excludes halogenated alkanes) is 1. The molecule has 5 N–H and O–H groups in total. The highest BCUT2D eigenvalue weighted by Crippen LogP contribution is 2.16. The van der Waals surface area contributed by atoms with Gasteiger partial charge in [-0.3, -0.25) is 19.4 Å². The van der Waals surface area contributed by atoms with Crippen molar-refractivity contribution in [3.05, 3.63) is 102 Å². The first-order valence-corrected chi connectivity index (χ1v) is 16.3. The van der Waals surface area contributed by atoms with Crippen LogP contribution in [0.15, 0.2) is 85.2 Å². The number of hydrogen-bond donors (Lipinski definition) is 5. The van der Waals surface area contributed by atoms with Gasteiger partial charge in [-0.1, -0.05) is 61.9 Å². The summed E-state index contributed by atoms with van der Waals surface area (Å²) in [5.41, 5.74) is 1.55. The second kappa shape index (κ2) is 19.6. The zero-order chi connectivity index (χ0) is 32.4. The first kappa shape index (κ1) is 35.7. The maximum atomic E-state index is 13.8. The molecule has 0 saturated carbocycles. The van der Waals surface area contributed by atoms with Crippen LogP contribution in [0.2, 0.25) is 0 Å². The van der Waals surface area contributed by atoms with Crippen molar-refractivity contribution in [3.8, 4) is 0 Å². The number of ether oxygens (including phenoxy) is 1. The van der Waals surface area contributed by atoms with Gasteiger partial charge in [0.15, 0.2) is 0 Å². The van der Waals surface area contributed by atoms with E-state index in [1.165, 1.54) is 13.3 Å². The predicted molar refractivity (Wildman–Crippen MR) is 176 cm³/mol. The van der Waals surface area contributed by atoms with Gasteiger partial charge in [0.2, 0.25) is 5.91 Å². The molecule has 0 aliphatic heterocycles. The van der Waals surface area contributed by atoms with Crippen LogP contribution in [0.1, 0.15) is 52.5 Å². The number of thioether (sulfide) groups is 1. The van der Waals surface area contributed by atoms with Crippen molar-refractivity contribution in [2.75, 3.05) is 25.2 Å². The first-order valence-electron chi connectivity index (χ1n) is 15.2. The van der Waals surface area contributed by atoms with Crippen LogP contribution in [0, 0.1) is 0 Å². The molecular formula is C34H44N4O6S. The van der Waals surface area contributed by atoms with Gasteiger partial charge in [0.25, 0.3) is 11.8 Å². The standard InChI is InChI=1S/C34H44N4O6S/c1-3-4-20-45-23-29(38-33(42)26-16-11-18-35-22-26)34(43)37-28(21-24-12-7-5-8-13-24)31(40)30(39)27(17-19-44-2)36-32(41)25-14-9-6-10-15-25/h5-16,18,22,27-31,39-40H,3-4,17,19-21,23H2,1-2H3,(H,36,41)(H,37,43)(H,38,42). The Balaban J connectivity index is 1.83. The SMILES string of the molecule is CCCCSCC(NC(=O)c1cccnc1)C(=O)NC(Cc1ccccc1)C(O)C(O)C(CCOC)NC(=O)c1ccccc1. The summed E-state index contributed by atoms with van der Waals surface area (Å²) in [6, 6.07) is 18.4. The van der Waals surface area contributed by atoms with Gasteiger partial charge in [-0.15, -0.1) is 0 Å². The van der Waals surface area contributed by atoms with Crippen LogP contribution < -0.4 is 16.0 Å². The number of nitrogens with zero attached hydrogens (tertiary/aromatic N) is 1. The molecule has 1 heterocycles. The minimum atomic E-state index is -1.48. The van der Waals surface area contributed by atoms with Crippen molar-refractivity contribution in [1.82, 2.24) is 20.9 Å². The monoisotopic (exact) mass is 636 g/mol. The number of aromatic nitrogens is 1. The van der Waals surface area contributed by atoms with Crippen molar-refractivity contribution in [1.29, 1.82) is 0 Å². The van der Waals surface area contributed by atoms with Crippen molar-refractivity contribution in [2.24, 2.45) is 0 Å². The minimum Gasteiger partial charge on any atom is -0.388 e. The van der Waals surface area contributed by atoms with Crippen LogP contribution in [0.25, 0.3) is 0 Å². The molecule has 45 heavy (non-hydrogen) atoms. The summed E-state index contributed by atoms with van der Waals surface area (Å²) in [7, 11) is 1.51. The molecule has 0 spiro atoms. The Morgan fingerprint density at radius 2 is 1.49 bits per heavy atom. The quantitative estimate of drug-likeness (QED) is 0.126. The van der Waals surface area contributed by atoms with E-state index >= 15 is 0 Å². The van der Waals surface area contributed by atoms with E-state index in [-0.39, 0.29) is 19.4 Å². The number of methoxy groups -OCH3 is 1. The predicted octanol–water partition coefficient (Wildman–Crippen LogP) is 3.00. The molecule has 10 nitrogen and oxygen atoms in total. The Labute approximate surface area is 269 Å². The fourth-order valence-electron chi connectivity index (χ4n) is 4.67. The summed E-state index contributed by atoms with van der Waals surface area (Å²) >= 11 is 1.55. The van der Waals surface area contributed by atoms with Crippen LogP contribution in [-0.4, -0.2) is 88.5 Å². The summed E-state index contributed by atoms with van der Waals surface area (Å²) < 4.78 is 5.21. The smallest absolute Gasteiger partial charge is 0.253 e. The maximum Gasteiger partial charge on any atom is 0.253 e. The molecule has 2 aromatic carbocycles. The number of pyridine rings is 1. The van der Waals surface area contributed by atoms with Gasteiger partial charge < -0.3 is 30.9 Å². The van der Waals surface area contributed by atoms with E-state index in [4.69, 9.17) is 4.74 Å². The summed E-state index contributed by atoms with van der Waals surface area (Å²) in [4.78, 5) is 43.7. The van der Waals surface area contributed by atoms with Crippen LogP contribution in [0.3, 0.4) is 0 Å². The highest BCUT2D eigenvalue weighted by molar-refractivity contribution is 7.99. The number of aliphatic hydroxyl groups is 2.